The Hall–Kier alpha value is -2.05. The van der Waals surface area contributed by atoms with Crippen molar-refractivity contribution in [1.82, 2.24) is 25.3 Å². The van der Waals surface area contributed by atoms with Gasteiger partial charge in [-0.3, -0.25) is 14.5 Å². The highest BCUT2D eigenvalue weighted by Gasteiger charge is 2.23. The Morgan fingerprint density at radius 1 is 1.40 bits per heavy atom. The third-order valence-corrected chi connectivity index (χ3v) is 4.61. The van der Waals surface area contributed by atoms with Crippen LogP contribution in [-0.4, -0.2) is 59.8 Å². The molecule has 1 unspecified atom stereocenters. The van der Waals surface area contributed by atoms with E-state index in [2.05, 4.69) is 34.5 Å². The highest BCUT2D eigenvalue weighted by molar-refractivity contribution is 5.80. The molecule has 1 aromatic rings. The minimum atomic E-state index is 0.145. The van der Waals surface area contributed by atoms with Gasteiger partial charge in [-0.1, -0.05) is 6.92 Å². The number of hydrogen-bond acceptors (Lipinski definition) is 3. The zero-order valence-corrected chi connectivity index (χ0v) is 15.7. The molecule has 0 radical (unpaired) electrons. The molecule has 0 spiro atoms. The van der Waals surface area contributed by atoms with Crippen LogP contribution in [0.5, 0.6) is 0 Å². The molecule has 140 valence electrons. The molecule has 1 aromatic heterocycles. The summed E-state index contributed by atoms with van der Waals surface area (Å²) < 4.78 is 1.96. The minimum Gasteiger partial charge on any atom is -0.359 e. The lowest BCUT2D eigenvalue weighted by Crippen LogP contribution is -2.46. The van der Waals surface area contributed by atoms with Crippen LogP contribution in [0, 0.1) is 11.8 Å². The number of piperidine rings is 1. The minimum absolute atomic E-state index is 0.145. The van der Waals surface area contributed by atoms with Gasteiger partial charge in [0.2, 0.25) is 5.91 Å². The Labute approximate surface area is 150 Å². The van der Waals surface area contributed by atoms with Crippen molar-refractivity contribution in [3.63, 3.8) is 0 Å². The summed E-state index contributed by atoms with van der Waals surface area (Å²) >= 11 is 0. The largest absolute Gasteiger partial charge is 0.359 e. The number of hydrogen-bond donors (Lipinski definition) is 2. The topological polar surface area (TPSA) is 74.5 Å². The lowest BCUT2D eigenvalue weighted by molar-refractivity contribution is -0.121. The SMILES string of the molecule is CCNC(=NCC(C)Cn1cccn1)N1CCC(CC(=O)NC)CC1. The van der Waals surface area contributed by atoms with Gasteiger partial charge in [0.1, 0.15) is 0 Å². The molecule has 1 saturated heterocycles. The van der Waals surface area contributed by atoms with Crippen LogP contribution in [-0.2, 0) is 11.3 Å². The highest BCUT2D eigenvalue weighted by atomic mass is 16.1. The van der Waals surface area contributed by atoms with E-state index in [1.54, 1.807) is 7.05 Å². The fraction of sp³-hybridized carbons (Fsp3) is 0.722. The summed E-state index contributed by atoms with van der Waals surface area (Å²) in [6.07, 6.45) is 6.52. The van der Waals surface area contributed by atoms with Gasteiger partial charge in [0, 0.05) is 58.6 Å². The van der Waals surface area contributed by atoms with Gasteiger partial charge in [0.15, 0.2) is 5.96 Å². The molecule has 0 saturated carbocycles. The van der Waals surface area contributed by atoms with Gasteiger partial charge in [-0.05, 0) is 37.7 Å². The summed E-state index contributed by atoms with van der Waals surface area (Å²) in [5.74, 6) is 2.05. The van der Waals surface area contributed by atoms with Crippen molar-refractivity contribution in [2.45, 2.75) is 39.7 Å². The van der Waals surface area contributed by atoms with E-state index >= 15 is 0 Å². The lowest BCUT2D eigenvalue weighted by atomic mass is 9.93. The third-order valence-electron chi connectivity index (χ3n) is 4.61. The van der Waals surface area contributed by atoms with E-state index < -0.39 is 0 Å². The second kappa shape index (κ2) is 10.1. The van der Waals surface area contributed by atoms with Crippen LogP contribution in [0.3, 0.4) is 0 Å². The molecule has 2 heterocycles. The summed E-state index contributed by atoms with van der Waals surface area (Å²) in [4.78, 5) is 18.7. The van der Waals surface area contributed by atoms with Crippen molar-refractivity contribution in [2.24, 2.45) is 16.8 Å². The molecule has 0 aromatic carbocycles. The Bertz CT molecular complexity index is 534. The first kappa shape index (κ1) is 19.3. The first-order chi connectivity index (χ1) is 12.1. The number of guanidine groups is 1. The lowest BCUT2D eigenvalue weighted by Gasteiger charge is -2.34. The van der Waals surface area contributed by atoms with Crippen LogP contribution in [0.2, 0.25) is 0 Å². The van der Waals surface area contributed by atoms with E-state index in [1.165, 1.54) is 0 Å². The van der Waals surface area contributed by atoms with Gasteiger partial charge >= 0.3 is 0 Å². The van der Waals surface area contributed by atoms with E-state index in [-0.39, 0.29) is 5.91 Å². The number of rotatable bonds is 7. The Morgan fingerprint density at radius 3 is 2.76 bits per heavy atom. The van der Waals surface area contributed by atoms with Crippen molar-refractivity contribution in [2.75, 3.05) is 33.2 Å². The standard InChI is InChI=1S/C18H32N6O/c1-4-20-18(21-13-15(2)14-24-9-5-8-22-24)23-10-6-16(7-11-23)12-17(25)19-3/h5,8-9,15-16H,4,6-7,10-14H2,1-3H3,(H,19,25)(H,20,21). The van der Waals surface area contributed by atoms with Crippen LogP contribution in [0.1, 0.15) is 33.1 Å². The van der Waals surface area contributed by atoms with Crippen molar-refractivity contribution in [1.29, 1.82) is 0 Å². The summed E-state index contributed by atoms with van der Waals surface area (Å²) in [5.41, 5.74) is 0. The van der Waals surface area contributed by atoms with Gasteiger partial charge in [0.05, 0.1) is 0 Å². The summed E-state index contributed by atoms with van der Waals surface area (Å²) in [6, 6.07) is 1.95. The summed E-state index contributed by atoms with van der Waals surface area (Å²) in [7, 11) is 1.71. The molecule has 7 heteroatoms. The molecule has 7 nitrogen and oxygen atoms in total. The number of aromatic nitrogens is 2. The van der Waals surface area contributed by atoms with E-state index in [9.17, 15) is 4.79 Å². The zero-order chi connectivity index (χ0) is 18.1. The maximum absolute atomic E-state index is 11.5. The fourth-order valence-corrected chi connectivity index (χ4v) is 3.17. The van der Waals surface area contributed by atoms with Crippen molar-refractivity contribution in [3.05, 3.63) is 18.5 Å². The molecule has 2 N–H and O–H groups in total. The second-order valence-corrected chi connectivity index (χ2v) is 6.84. The molecule has 1 atom stereocenters. The van der Waals surface area contributed by atoms with E-state index in [0.29, 0.717) is 18.3 Å². The monoisotopic (exact) mass is 348 g/mol. The van der Waals surface area contributed by atoms with Crippen molar-refractivity contribution >= 4 is 11.9 Å². The normalized spacial score (nSPS) is 17.4. The van der Waals surface area contributed by atoms with Crippen LogP contribution in [0.4, 0.5) is 0 Å². The number of nitrogens with one attached hydrogen (secondary N) is 2. The number of carbonyl (C=O) groups excluding carboxylic acids is 1. The summed E-state index contributed by atoms with van der Waals surface area (Å²) in [5, 5.41) is 10.4. The quantitative estimate of drug-likeness (QED) is 0.576. The molecule has 0 aliphatic carbocycles. The maximum atomic E-state index is 11.5. The number of amides is 1. The fourth-order valence-electron chi connectivity index (χ4n) is 3.17. The Balaban J connectivity index is 1.84. The molecule has 1 fully saturated rings. The second-order valence-electron chi connectivity index (χ2n) is 6.84. The van der Waals surface area contributed by atoms with E-state index in [0.717, 1.165) is 51.5 Å². The zero-order valence-electron chi connectivity index (χ0n) is 15.7. The van der Waals surface area contributed by atoms with Gasteiger partial charge < -0.3 is 15.5 Å². The molecular formula is C18H32N6O. The van der Waals surface area contributed by atoms with E-state index in [4.69, 9.17) is 4.99 Å². The molecule has 1 aliphatic heterocycles. The van der Waals surface area contributed by atoms with Crippen molar-refractivity contribution < 1.29 is 4.79 Å². The molecule has 25 heavy (non-hydrogen) atoms. The van der Waals surface area contributed by atoms with Gasteiger partial charge in [-0.25, -0.2) is 0 Å². The Morgan fingerprint density at radius 2 is 2.16 bits per heavy atom. The molecular weight excluding hydrogens is 316 g/mol. The average molecular weight is 348 g/mol. The van der Waals surface area contributed by atoms with Gasteiger partial charge in [0.25, 0.3) is 0 Å². The first-order valence-electron chi connectivity index (χ1n) is 9.33. The highest BCUT2D eigenvalue weighted by Crippen LogP contribution is 2.20. The summed E-state index contributed by atoms with van der Waals surface area (Å²) in [6.45, 7) is 8.74. The molecule has 1 amide bonds. The smallest absolute Gasteiger partial charge is 0.220 e. The number of nitrogens with zero attached hydrogens (tertiary/aromatic N) is 4. The Kier molecular flexibility index (Phi) is 7.76. The number of carbonyl (C=O) groups is 1. The van der Waals surface area contributed by atoms with Gasteiger partial charge in [-0.15, -0.1) is 0 Å². The van der Waals surface area contributed by atoms with Crippen molar-refractivity contribution in [3.8, 4) is 0 Å². The predicted octanol–water partition coefficient (Wildman–Crippen LogP) is 1.33. The van der Waals surface area contributed by atoms with Crippen LogP contribution < -0.4 is 10.6 Å². The van der Waals surface area contributed by atoms with Crippen LogP contribution in [0.25, 0.3) is 0 Å². The molecule has 0 bridgehead atoms. The number of aliphatic imine (C=N–C) groups is 1. The first-order valence-corrected chi connectivity index (χ1v) is 9.33. The van der Waals surface area contributed by atoms with Gasteiger partial charge in [-0.2, -0.15) is 5.10 Å². The van der Waals surface area contributed by atoms with E-state index in [1.807, 2.05) is 23.1 Å². The van der Waals surface area contributed by atoms with Crippen LogP contribution in [0.15, 0.2) is 23.5 Å². The number of likely N-dealkylation sites (tertiary alicyclic amines) is 1. The van der Waals surface area contributed by atoms with Crippen LogP contribution >= 0.6 is 0 Å². The maximum Gasteiger partial charge on any atom is 0.220 e. The average Bonchev–Trinajstić information content (AvgIpc) is 3.12. The third kappa shape index (κ3) is 6.40. The predicted molar refractivity (Wildman–Crippen MR) is 100 cm³/mol. The molecule has 1 aliphatic rings. The molecule has 2 rings (SSSR count).